The number of hydrogen-bond donors (Lipinski definition) is 2. The molecule has 0 amide bonds. The van der Waals surface area contributed by atoms with E-state index in [1.165, 1.54) is 6.29 Å². The summed E-state index contributed by atoms with van der Waals surface area (Å²) >= 11 is 12.1. The zero-order valence-electron chi connectivity index (χ0n) is 14.0. The molecular weight excluding hydrogens is 502 g/mol. The first-order valence-corrected chi connectivity index (χ1v) is 8.20. The molecule has 0 saturated heterocycles. The van der Waals surface area contributed by atoms with Crippen LogP contribution >= 0.6 is 34.5 Å². The summed E-state index contributed by atoms with van der Waals surface area (Å²) in [6.45, 7) is -0.696. The summed E-state index contributed by atoms with van der Waals surface area (Å²) in [6.07, 6.45) is -10.8. The third kappa shape index (κ3) is 5.17. The number of rotatable bonds is 4. The summed E-state index contributed by atoms with van der Waals surface area (Å²) in [6, 6.07) is 1.06. The molecule has 0 saturated carbocycles. The first-order valence-electron chi connectivity index (χ1n) is 6.63. The molecule has 3 N–H and O–H groups in total. The van der Waals surface area contributed by atoms with E-state index in [4.69, 9.17) is 23.2 Å². The van der Waals surface area contributed by atoms with Crippen molar-refractivity contribution in [2.24, 2.45) is 0 Å². The Hall–Kier alpha value is 0.196. The van der Waals surface area contributed by atoms with Gasteiger partial charge in [0.15, 0.2) is 0 Å². The molecule has 0 radical (unpaired) electrons. The molecule has 0 aliphatic carbocycles. The monoisotopic (exact) mass is 508 g/mol. The second-order valence-electron chi connectivity index (χ2n) is 5.05. The van der Waals surface area contributed by atoms with Crippen LogP contribution in [0.3, 0.4) is 0 Å². The van der Waals surface area contributed by atoms with Gasteiger partial charge >= 0.3 is 63.7 Å². The van der Waals surface area contributed by atoms with E-state index in [0.717, 1.165) is 6.07 Å². The van der Waals surface area contributed by atoms with Gasteiger partial charge in [0.05, 0.1) is 27.2 Å². The van der Waals surface area contributed by atoms with Gasteiger partial charge in [0.2, 0.25) is 0 Å². The Kier molecular flexibility index (Phi) is 10.3. The van der Waals surface area contributed by atoms with Crippen LogP contribution in [0, 0.1) is 0 Å². The van der Waals surface area contributed by atoms with Gasteiger partial charge in [0, 0.05) is 11.1 Å². The van der Waals surface area contributed by atoms with Crippen LogP contribution in [0.5, 0.6) is 0 Å². The first-order chi connectivity index (χ1) is 12.3. The summed E-state index contributed by atoms with van der Waals surface area (Å²) in [7, 11) is 0. The molecule has 0 aliphatic heterocycles. The van der Waals surface area contributed by atoms with Gasteiger partial charge in [-0.2, -0.15) is 26.3 Å². The molecule has 29 heavy (non-hydrogen) atoms. The molecule has 5 nitrogen and oxygen atoms in total. The number of aliphatic hydroxyl groups excluding tert-OH is 1. The van der Waals surface area contributed by atoms with Crippen molar-refractivity contribution in [3.05, 3.63) is 38.4 Å². The fourth-order valence-corrected chi connectivity index (χ4v) is 3.70. The van der Waals surface area contributed by atoms with E-state index in [0.29, 0.717) is 17.4 Å². The van der Waals surface area contributed by atoms with Gasteiger partial charge in [-0.15, -0.1) is 11.3 Å². The second kappa shape index (κ2) is 10.2. The number of nitrogens with zero attached hydrogens (tertiary/aromatic N) is 1. The van der Waals surface area contributed by atoms with Crippen LogP contribution in [-0.2, 0) is 17.0 Å². The van der Waals surface area contributed by atoms with Crippen LogP contribution in [0.4, 0.5) is 26.3 Å². The molecule has 0 fully saturated rings. The molecule has 1 heterocycles. The SMILES string of the molecule is O=[C-]c1nc(CO)c(-c2ccc(C(O)(C(F)(F)F)C(F)(F)F)c(Cl)c2Cl)s1.[K+].[OH-]. The van der Waals surface area contributed by atoms with Crippen molar-refractivity contribution in [3.8, 4) is 10.4 Å². The van der Waals surface area contributed by atoms with Crippen molar-refractivity contribution >= 4 is 40.8 Å². The molecule has 0 unspecified atom stereocenters. The van der Waals surface area contributed by atoms with Crippen LogP contribution in [0.15, 0.2) is 12.1 Å². The molecule has 1 aromatic carbocycles. The maximum Gasteiger partial charge on any atom is 1.00 e. The number of alkyl halides is 6. The summed E-state index contributed by atoms with van der Waals surface area (Å²) in [4.78, 5) is 14.4. The van der Waals surface area contributed by atoms with Crippen molar-refractivity contribution in [1.82, 2.24) is 4.98 Å². The molecule has 2 rings (SSSR count). The van der Waals surface area contributed by atoms with Gasteiger partial charge in [-0.05, 0) is 5.01 Å². The third-order valence-corrected chi connectivity index (χ3v) is 5.38. The van der Waals surface area contributed by atoms with E-state index >= 15 is 0 Å². The predicted octanol–water partition coefficient (Wildman–Crippen LogP) is 1.21. The van der Waals surface area contributed by atoms with Crippen LogP contribution in [-0.4, -0.2) is 39.3 Å². The van der Waals surface area contributed by atoms with E-state index in [1.54, 1.807) is 0 Å². The van der Waals surface area contributed by atoms with Gasteiger partial charge in [-0.1, -0.05) is 35.3 Å². The Labute approximate surface area is 215 Å². The minimum absolute atomic E-state index is 0. The van der Waals surface area contributed by atoms with Gasteiger partial charge in [0.1, 0.15) is 0 Å². The van der Waals surface area contributed by atoms with Crippen LogP contribution in [0.25, 0.3) is 10.4 Å². The van der Waals surface area contributed by atoms with E-state index < -0.39 is 40.2 Å². The summed E-state index contributed by atoms with van der Waals surface area (Å²) < 4.78 is 78.2. The number of aromatic nitrogens is 1. The standard InChI is InChI=1S/C14H6Cl2F6NO3S.K.H2O/c15-9-5(11-7(3-24)23-8(4-25)27-11)1-2-6(10(9)16)12(26,13(17,18)19)14(20,21)22;;/h1-2,24,26H,3H2;;1H2/q-1;+1;/p-1. The molecule has 2 aromatic rings. The smallest absolute Gasteiger partial charge is 0.870 e. The summed E-state index contributed by atoms with van der Waals surface area (Å²) in [5, 5.41) is 16.5. The normalized spacial score (nSPS) is 12.2. The van der Waals surface area contributed by atoms with Crippen molar-refractivity contribution in [2.45, 2.75) is 24.6 Å². The number of aliphatic hydroxyl groups is 2. The Morgan fingerprint density at radius 3 is 2.00 bits per heavy atom. The molecule has 1 aromatic heterocycles. The van der Waals surface area contributed by atoms with Crippen LogP contribution < -0.4 is 51.4 Å². The summed E-state index contributed by atoms with van der Waals surface area (Å²) in [5.41, 5.74) is -7.25. The average Bonchev–Trinajstić information content (AvgIpc) is 2.97. The van der Waals surface area contributed by atoms with Crippen LogP contribution in [0.2, 0.25) is 10.0 Å². The predicted molar refractivity (Wildman–Crippen MR) is 86.2 cm³/mol. The Morgan fingerprint density at radius 1 is 1.07 bits per heavy atom. The zero-order chi connectivity index (χ0) is 20.8. The summed E-state index contributed by atoms with van der Waals surface area (Å²) in [5.74, 6) is 0. The van der Waals surface area contributed by atoms with Crippen molar-refractivity contribution in [3.63, 3.8) is 0 Å². The first kappa shape index (κ1) is 29.2. The fourth-order valence-electron chi connectivity index (χ4n) is 2.18. The molecule has 156 valence electrons. The van der Waals surface area contributed by atoms with Crippen molar-refractivity contribution < 1.29 is 98.2 Å². The van der Waals surface area contributed by atoms with Crippen molar-refractivity contribution in [2.75, 3.05) is 0 Å². The van der Waals surface area contributed by atoms with E-state index in [1.807, 2.05) is 0 Å². The maximum atomic E-state index is 13.0. The molecule has 0 atom stereocenters. The van der Waals surface area contributed by atoms with Gasteiger partial charge in [-0.25, -0.2) is 6.29 Å². The Bertz CT molecular complexity index is 876. The number of benzene rings is 1. The minimum Gasteiger partial charge on any atom is -0.870 e. The molecule has 0 spiro atoms. The molecule has 0 aliphatic rings. The number of halogens is 8. The molecule has 0 bridgehead atoms. The number of thiazole rings is 1. The average molecular weight is 509 g/mol. The maximum absolute atomic E-state index is 13.0. The second-order valence-corrected chi connectivity index (χ2v) is 6.80. The molecule has 15 heteroatoms. The Balaban J connectivity index is 0.00000392. The number of carbonyl (C=O) groups excluding carboxylic acids is 1. The van der Waals surface area contributed by atoms with Gasteiger partial charge < -0.3 is 20.5 Å². The minimum atomic E-state index is -6.14. The largest absolute Gasteiger partial charge is 1.00 e. The number of hydrogen-bond acceptors (Lipinski definition) is 6. The van der Waals surface area contributed by atoms with E-state index in [9.17, 15) is 41.4 Å². The van der Waals surface area contributed by atoms with Crippen LogP contribution in [0.1, 0.15) is 16.3 Å². The van der Waals surface area contributed by atoms with Gasteiger partial charge in [-0.3, -0.25) is 4.98 Å². The topological polar surface area (TPSA) is 100 Å². The van der Waals surface area contributed by atoms with Gasteiger partial charge in [0.25, 0.3) is 5.60 Å². The quantitative estimate of drug-likeness (QED) is 0.367. The van der Waals surface area contributed by atoms with Crippen molar-refractivity contribution in [1.29, 1.82) is 0 Å². The molecular formula is C14H7Cl2F6KNO4S-. The zero-order valence-corrected chi connectivity index (χ0v) is 19.4. The third-order valence-electron chi connectivity index (χ3n) is 3.47. The Morgan fingerprint density at radius 2 is 1.59 bits per heavy atom. The van der Waals surface area contributed by atoms with E-state index in [-0.39, 0.29) is 78.0 Å². The van der Waals surface area contributed by atoms with E-state index in [2.05, 4.69) is 4.98 Å². The fraction of sp³-hybridized carbons (Fsp3) is 0.286.